The maximum absolute atomic E-state index is 10.1. The summed E-state index contributed by atoms with van der Waals surface area (Å²) in [7, 11) is 2.02. The first kappa shape index (κ1) is 13.8. The lowest BCUT2D eigenvalue weighted by molar-refractivity contribution is 0.106. The Kier molecular flexibility index (Phi) is 4.71. The quantitative estimate of drug-likeness (QED) is 0.858. The molecule has 19 heavy (non-hydrogen) atoms. The summed E-state index contributed by atoms with van der Waals surface area (Å²) in [6, 6.07) is 10.3. The fourth-order valence-electron chi connectivity index (χ4n) is 2.20. The van der Waals surface area contributed by atoms with Crippen LogP contribution >= 0.6 is 0 Å². The fraction of sp³-hybridized carbons (Fsp3) is 0.400. The molecule has 1 heterocycles. The van der Waals surface area contributed by atoms with Crippen LogP contribution in [0.15, 0.2) is 42.7 Å². The molecule has 1 aromatic heterocycles. The second kappa shape index (κ2) is 6.50. The molecule has 102 valence electrons. The van der Waals surface area contributed by atoms with Crippen molar-refractivity contribution in [2.45, 2.75) is 26.1 Å². The monoisotopic (exact) mass is 259 g/mol. The van der Waals surface area contributed by atoms with Crippen molar-refractivity contribution in [1.82, 2.24) is 14.5 Å². The highest BCUT2D eigenvalue weighted by Gasteiger charge is 2.10. The van der Waals surface area contributed by atoms with E-state index in [1.54, 1.807) is 6.20 Å². The minimum atomic E-state index is -0.387. The van der Waals surface area contributed by atoms with Crippen molar-refractivity contribution >= 4 is 0 Å². The second-order valence-electron chi connectivity index (χ2n) is 4.96. The summed E-state index contributed by atoms with van der Waals surface area (Å²) in [5.74, 6) is 0.935. The molecule has 0 amide bonds. The van der Waals surface area contributed by atoms with Gasteiger partial charge >= 0.3 is 0 Å². The van der Waals surface area contributed by atoms with Crippen LogP contribution in [0.3, 0.4) is 0 Å². The third-order valence-electron chi connectivity index (χ3n) is 3.15. The third kappa shape index (κ3) is 4.19. The Balaban J connectivity index is 1.82. The Labute approximate surface area is 114 Å². The van der Waals surface area contributed by atoms with Gasteiger partial charge in [0.2, 0.25) is 0 Å². The predicted octanol–water partition coefficient (Wildman–Crippen LogP) is 1.68. The molecule has 0 aliphatic rings. The maximum atomic E-state index is 10.1. The van der Waals surface area contributed by atoms with Crippen molar-refractivity contribution in [3.05, 3.63) is 54.1 Å². The molecular weight excluding hydrogens is 238 g/mol. The molecule has 1 aromatic carbocycles. The summed E-state index contributed by atoms with van der Waals surface area (Å²) in [5, 5.41) is 10.1. The number of hydrogen-bond acceptors (Lipinski definition) is 3. The average molecular weight is 259 g/mol. The topological polar surface area (TPSA) is 41.3 Å². The van der Waals surface area contributed by atoms with Crippen LogP contribution < -0.4 is 0 Å². The molecule has 1 unspecified atom stereocenters. The molecule has 4 heteroatoms. The van der Waals surface area contributed by atoms with Gasteiger partial charge in [-0.3, -0.25) is 4.90 Å². The van der Waals surface area contributed by atoms with Gasteiger partial charge < -0.3 is 9.67 Å². The minimum Gasteiger partial charge on any atom is -0.390 e. The second-order valence-corrected chi connectivity index (χ2v) is 4.96. The smallest absolute Gasteiger partial charge is 0.105 e. The lowest BCUT2D eigenvalue weighted by Crippen LogP contribution is -2.31. The highest BCUT2D eigenvalue weighted by molar-refractivity contribution is 5.14. The Hall–Kier alpha value is -1.65. The van der Waals surface area contributed by atoms with E-state index in [1.165, 1.54) is 5.56 Å². The largest absolute Gasteiger partial charge is 0.390 e. The van der Waals surface area contributed by atoms with Crippen molar-refractivity contribution < 1.29 is 5.11 Å². The van der Waals surface area contributed by atoms with Crippen molar-refractivity contribution in [3.8, 4) is 0 Å². The summed E-state index contributed by atoms with van der Waals surface area (Å²) >= 11 is 0. The van der Waals surface area contributed by atoms with Crippen LogP contribution in [0, 0.1) is 6.92 Å². The van der Waals surface area contributed by atoms with Gasteiger partial charge in [-0.25, -0.2) is 4.98 Å². The highest BCUT2D eigenvalue weighted by atomic mass is 16.3. The first-order valence-electron chi connectivity index (χ1n) is 6.53. The molecule has 2 rings (SSSR count). The Morgan fingerprint density at radius 2 is 2.05 bits per heavy atom. The summed E-state index contributed by atoms with van der Waals surface area (Å²) in [6.45, 7) is 4.03. The lowest BCUT2D eigenvalue weighted by Gasteiger charge is -2.21. The van der Waals surface area contributed by atoms with Gasteiger partial charge in [-0.15, -0.1) is 0 Å². The molecule has 1 N–H and O–H groups in total. The van der Waals surface area contributed by atoms with Gasteiger partial charge in [0.15, 0.2) is 0 Å². The molecule has 2 aromatic rings. The molecule has 0 saturated carbocycles. The van der Waals surface area contributed by atoms with Crippen molar-refractivity contribution in [3.63, 3.8) is 0 Å². The van der Waals surface area contributed by atoms with Crippen LogP contribution in [0.5, 0.6) is 0 Å². The Morgan fingerprint density at radius 3 is 2.68 bits per heavy atom. The molecule has 0 spiro atoms. The number of benzene rings is 1. The minimum absolute atomic E-state index is 0.387. The van der Waals surface area contributed by atoms with E-state index in [4.69, 9.17) is 0 Å². The van der Waals surface area contributed by atoms with Gasteiger partial charge in [0.1, 0.15) is 5.82 Å². The van der Waals surface area contributed by atoms with Crippen molar-refractivity contribution in [2.75, 3.05) is 13.6 Å². The van der Waals surface area contributed by atoms with E-state index in [0.717, 1.165) is 12.4 Å². The molecule has 4 nitrogen and oxygen atoms in total. The molecule has 0 fully saturated rings. The number of nitrogens with zero attached hydrogens (tertiary/aromatic N) is 3. The van der Waals surface area contributed by atoms with Crippen LogP contribution in [0.1, 0.15) is 11.4 Å². The van der Waals surface area contributed by atoms with Crippen molar-refractivity contribution in [1.29, 1.82) is 0 Å². The first-order valence-corrected chi connectivity index (χ1v) is 6.53. The predicted molar refractivity (Wildman–Crippen MR) is 75.7 cm³/mol. The molecule has 0 aliphatic carbocycles. The third-order valence-corrected chi connectivity index (χ3v) is 3.15. The zero-order chi connectivity index (χ0) is 13.7. The van der Waals surface area contributed by atoms with Gasteiger partial charge in [-0.05, 0) is 19.5 Å². The van der Waals surface area contributed by atoms with Gasteiger partial charge in [0.05, 0.1) is 12.6 Å². The van der Waals surface area contributed by atoms with E-state index in [9.17, 15) is 5.11 Å². The standard InChI is InChI=1S/C15H21N3O/c1-13-16-8-9-18(13)12-15(19)11-17(2)10-14-6-4-3-5-7-14/h3-9,15,19H,10-12H2,1-2H3. The van der Waals surface area contributed by atoms with Crippen molar-refractivity contribution in [2.24, 2.45) is 0 Å². The summed E-state index contributed by atoms with van der Waals surface area (Å²) in [4.78, 5) is 6.29. The number of likely N-dealkylation sites (N-methyl/N-ethyl adjacent to an activating group) is 1. The molecule has 0 aliphatic heterocycles. The molecule has 1 atom stereocenters. The molecule has 0 bridgehead atoms. The van der Waals surface area contributed by atoms with E-state index >= 15 is 0 Å². The number of aryl methyl sites for hydroxylation is 1. The normalized spacial score (nSPS) is 12.8. The van der Waals surface area contributed by atoms with E-state index in [2.05, 4.69) is 22.0 Å². The zero-order valence-electron chi connectivity index (χ0n) is 11.5. The van der Waals surface area contributed by atoms with Crippen LogP contribution in [-0.2, 0) is 13.1 Å². The van der Waals surface area contributed by atoms with Crippen LogP contribution in [0.4, 0.5) is 0 Å². The summed E-state index contributed by atoms with van der Waals surface area (Å²) in [6.07, 6.45) is 3.27. The summed E-state index contributed by atoms with van der Waals surface area (Å²) in [5.41, 5.74) is 1.26. The average Bonchev–Trinajstić information content (AvgIpc) is 2.76. The highest BCUT2D eigenvalue weighted by Crippen LogP contribution is 2.05. The molecular formula is C15H21N3O. The fourth-order valence-corrected chi connectivity index (χ4v) is 2.20. The lowest BCUT2D eigenvalue weighted by atomic mass is 10.2. The maximum Gasteiger partial charge on any atom is 0.105 e. The molecule has 0 saturated heterocycles. The van der Waals surface area contributed by atoms with E-state index in [0.29, 0.717) is 13.1 Å². The number of aliphatic hydroxyl groups excluding tert-OH is 1. The first-order chi connectivity index (χ1) is 9.15. The zero-order valence-corrected chi connectivity index (χ0v) is 11.5. The number of imidazole rings is 1. The van der Waals surface area contributed by atoms with Gasteiger partial charge in [0, 0.05) is 25.5 Å². The molecule has 0 radical (unpaired) electrons. The van der Waals surface area contributed by atoms with E-state index in [-0.39, 0.29) is 6.10 Å². The van der Waals surface area contributed by atoms with Gasteiger partial charge in [0.25, 0.3) is 0 Å². The Bertz CT molecular complexity index is 495. The summed E-state index contributed by atoms with van der Waals surface area (Å²) < 4.78 is 1.97. The SMILES string of the molecule is Cc1nccn1CC(O)CN(C)Cc1ccccc1. The van der Waals surface area contributed by atoms with Gasteiger partial charge in [-0.2, -0.15) is 0 Å². The number of aliphatic hydroxyl groups is 1. The van der Waals surface area contributed by atoms with E-state index < -0.39 is 0 Å². The Morgan fingerprint density at radius 1 is 1.32 bits per heavy atom. The van der Waals surface area contributed by atoms with Crippen LogP contribution in [0.25, 0.3) is 0 Å². The van der Waals surface area contributed by atoms with Crippen LogP contribution in [-0.4, -0.2) is 39.3 Å². The number of aromatic nitrogens is 2. The van der Waals surface area contributed by atoms with E-state index in [1.807, 2.05) is 42.9 Å². The van der Waals surface area contributed by atoms with Gasteiger partial charge in [-0.1, -0.05) is 30.3 Å². The van der Waals surface area contributed by atoms with Crippen LogP contribution in [0.2, 0.25) is 0 Å². The number of rotatable bonds is 6. The number of hydrogen-bond donors (Lipinski definition) is 1.